The predicted molar refractivity (Wildman–Crippen MR) is 68.2 cm³/mol. The molecule has 92 valence electrons. The third kappa shape index (κ3) is 2.65. The highest BCUT2D eigenvalue weighted by Gasteiger charge is 2.09. The molecule has 0 bridgehead atoms. The molecule has 0 aliphatic rings. The highest BCUT2D eigenvalue weighted by Crippen LogP contribution is 2.28. The SMILES string of the molecule is CC.CC(O)c1ccc(O)c2[nH]c(=O)ccc12. The van der Waals surface area contributed by atoms with Gasteiger partial charge in [-0.2, -0.15) is 0 Å². The number of fused-ring (bicyclic) bond motifs is 1. The fourth-order valence-corrected chi connectivity index (χ4v) is 1.62. The Labute approximate surface area is 99.5 Å². The molecule has 0 fully saturated rings. The van der Waals surface area contributed by atoms with Gasteiger partial charge >= 0.3 is 0 Å². The number of benzene rings is 1. The van der Waals surface area contributed by atoms with E-state index in [0.717, 1.165) is 0 Å². The van der Waals surface area contributed by atoms with Crippen molar-refractivity contribution >= 4 is 10.9 Å². The number of phenols is 1. The molecule has 0 amide bonds. The van der Waals surface area contributed by atoms with Crippen LogP contribution in [-0.2, 0) is 0 Å². The van der Waals surface area contributed by atoms with E-state index in [1.165, 1.54) is 12.1 Å². The van der Waals surface area contributed by atoms with Crippen molar-refractivity contribution in [2.24, 2.45) is 0 Å². The second kappa shape index (κ2) is 5.50. The maximum absolute atomic E-state index is 11.1. The molecule has 0 saturated carbocycles. The lowest BCUT2D eigenvalue weighted by molar-refractivity contribution is 0.201. The van der Waals surface area contributed by atoms with Crippen molar-refractivity contribution in [3.63, 3.8) is 0 Å². The fourth-order valence-electron chi connectivity index (χ4n) is 1.62. The largest absolute Gasteiger partial charge is 0.506 e. The summed E-state index contributed by atoms with van der Waals surface area (Å²) in [6.07, 6.45) is -0.640. The topological polar surface area (TPSA) is 73.3 Å². The summed E-state index contributed by atoms with van der Waals surface area (Å²) in [5.74, 6) is 0.00657. The first kappa shape index (κ1) is 13.3. The van der Waals surface area contributed by atoms with Crippen LogP contribution in [0.1, 0.15) is 32.4 Å². The van der Waals surface area contributed by atoms with Crippen molar-refractivity contribution in [1.82, 2.24) is 4.98 Å². The van der Waals surface area contributed by atoms with Crippen LogP contribution in [0.15, 0.2) is 29.1 Å². The third-order valence-corrected chi connectivity index (χ3v) is 2.36. The summed E-state index contributed by atoms with van der Waals surface area (Å²) in [6, 6.07) is 6.06. The maximum atomic E-state index is 11.1. The van der Waals surface area contributed by atoms with Gasteiger partial charge in [0.1, 0.15) is 5.75 Å². The first-order chi connectivity index (χ1) is 8.09. The smallest absolute Gasteiger partial charge is 0.248 e. The molecule has 1 unspecified atom stereocenters. The zero-order valence-electron chi connectivity index (χ0n) is 10.2. The van der Waals surface area contributed by atoms with Gasteiger partial charge in [-0.25, -0.2) is 0 Å². The van der Waals surface area contributed by atoms with Crippen LogP contribution in [0.25, 0.3) is 10.9 Å². The van der Waals surface area contributed by atoms with Crippen molar-refractivity contribution < 1.29 is 10.2 Å². The van der Waals surface area contributed by atoms with Crippen molar-refractivity contribution in [2.45, 2.75) is 26.9 Å². The molecule has 1 aromatic heterocycles. The maximum Gasteiger partial charge on any atom is 0.248 e. The Kier molecular flexibility index (Phi) is 4.29. The number of aliphatic hydroxyl groups is 1. The van der Waals surface area contributed by atoms with E-state index >= 15 is 0 Å². The first-order valence-electron chi connectivity index (χ1n) is 5.62. The Morgan fingerprint density at radius 3 is 2.41 bits per heavy atom. The molecule has 2 rings (SSSR count). The number of aromatic amines is 1. The van der Waals surface area contributed by atoms with Gasteiger partial charge < -0.3 is 15.2 Å². The summed E-state index contributed by atoms with van der Waals surface area (Å²) in [6.45, 7) is 5.64. The van der Waals surface area contributed by atoms with Crippen LogP contribution in [0.5, 0.6) is 5.75 Å². The lowest BCUT2D eigenvalue weighted by atomic mass is 10.0. The summed E-state index contributed by atoms with van der Waals surface area (Å²) < 4.78 is 0. The van der Waals surface area contributed by atoms with E-state index in [1.807, 2.05) is 13.8 Å². The number of aromatic hydroxyl groups is 1. The third-order valence-electron chi connectivity index (χ3n) is 2.36. The number of hydrogen-bond donors (Lipinski definition) is 3. The Bertz CT molecular complexity index is 558. The number of rotatable bonds is 1. The minimum atomic E-state index is -0.640. The lowest BCUT2D eigenvalue weighted by Gasteiger charge is -2.09. The van der Waals surface area contributed by atoms with Crippen molar-refractivity contribution in [2.75, 3.05) is 0 Å². The number of phenolic OH excluding ortho intramolecular Hbond substituents is 1. The first-order valence-corrected chi connectivity index (χ1v) is 5.62. The summed E-state index contributed by atoms with van der Waals surface area (Å²) in [4.78, 5) is 13.6. The lowest BCUT2D eigenvalue weighted by Crippen LogP contribution is -2.04. The number of nitrogens with one attached hydrogen (secondary N) is 1. The van der Waals surface area contributed by atoms with E-state index in [2.05, 4.69) is 4.98 Å². The normalized spacial score (nSPS) is 11.8. The van der Waals surface area contributed by atoms with Gasteiger partial charge in [-0.15, -0.1) is 0 Å². The highest BCUT2D eigenvalue weighted by atomic mass is 16.3. The van der Waals surface area contributed by atoms with Crippen molar-refractivity contribution in [3.8, 4) is 5.75 Å². The van der Waals surface area contributed by atoms with E-state index in [-0.39, 0.29) is 11.3 Å². The van der Waals surface area contributed by atoms with Crippen LogP contribution in [0, 0.1) is 0 Å². The van der Waals surface area contributed by atoms with Gasteiger partial charge in [0, 0.05) is 11.5 Å². The number of H-pyrrole nitrogens is 1. The minimum absolute atomic E-state index is 0.00657. The van der Waals surface area contributed by atoms with Crippen LogP contribution in [-0.4, -0.2) is 15.2 Å². The molecule has 3 N–H and O–H groups in total. The molecule has 1 aromatic carbocycles. The Balaban J connectivity index is 0.000000686. The molecular weight excluding hydrogens is 218 g/mol. The highest BCUT2D eigenvalue weighted by molar-refractivity contribution is 5.87. The molecule has 0 radical (unpaired) electrons. The van der Waals surface area contributed by atoms with Gasteiger partial charge in [-0.3, -0.25) is 4.79 Å². The standard InChI is InChI=1S/C11H11NO3.C2H6/c1-6(13)7-2-4-9(14)11-8(7)3-5-10(15)12-11;1-2/h2-6,13-14H,1H3,(H,12,15);1-2H3. The fraction of sp³-hybridized carbons (Fsp3) is 0.308. The molecule has 0 aliphatic carbocycles. The summed E-state index contributed by atoms with van der Waals surface area (Å²) >= 11 is 0. The number of pyridine rings is 1. The average Bonchev–Trinajstić information content (AvgIpc) is 2.32. The molecule has 17 heavy (non-hydrogen) atoms. The Morgan fingerprint density at radius 1 is 1.18 bits per heavy atom. The van der Waals surface area contributed by atoms with Crippen molar-refractivity contribution in [3.05, 3.63) is 40.2 Å². The van der Waals surface area contributed by atoms with Gasteiger partial charge in [-0.1, -0.05) is 19.9 Å². The van der Waals surface area contributed by atoms with Crippen LogP contribution >= 0.6 is 0 Å². The van der Waals surface area contributed by atoms with Crippen LogP contribution in [0.2, 0.25) is 0 Å². The van der Waals surface area contributed by atoms with Gasteiger partial charge in [0.15, 0.2) is 0 Å². The van der Waals surface area contributed by atoms with Crippen LogP contribution in [0.4, 0.5) is 0 Å². The molecule has 2 aromatic rings. The van der Waals surface area contributed by atoms with E-state index in [0.29, 0.717) is 16.5 Å². The molecule has 1 atom stereocenters. The number of aromatic nitrogens is 1. The van der Waals surface area contributed by atoms with Crippen LogP contribution in [0.3, 0.4) is 0 Å². The molecular formula is C13H17NO3. The Hall–Kier alpha value is -1.81. The number of hydrogen-bond acceptors (Lipinski definition) is 3. The van der Waals surface area contributed by atoms with E-state index in [4.69, 9.17) is 0 Å². The van der Waals surface area contributed by atoms with Crippen molar-refractivity contribution in [1.29, 1.82) is 0 Å². The molecule has 0 spiro atoms. The summed E-state index contributed by atoms with van der Waals surface area (Å²) in [7, 11) is 0. The predicted octanol–water partition coefficient (Wildman–Crippen LogP) is 2.31. The summed E-state index contributed by atoms with van der Waals surface area (Å²) in [5, 5.41) is 19.7. The van der Waals surface area contributed by atoms with Gasteiger partial charge in [0.2, 0.25) is 5.56 Å². The zero-order valence-corrected chi connectivity index (χ0v) is 10.2. The van der Waals surface area contributed by atoms with E-state index in [1.54, 1.807) is 19.1 Å². The van der Waals surface area contributed by atoms with Gasteiger partial charge in [0.25, 0.3) is 0 Å². The monoisotopic (exact) mass is 235 g/mol. The molecule has 0 saturated heterocycles. The van der Waals surface area contributed by atoms with Crippen LogP contribution < -0.4 is 5.56 Å². The quantitative estimate of drug-likeness (QED) is 0.710. The second-order valence-electron chi connectivity index (χ2n) is 3.46. The van der Waals surface area contributed by atoms with E-state index in [9.17, 15) is 15.0 Å². The molecule has 1 heterocycles. The summed E-state index contributed by atoms with van der Waals surface area (Å²) in [5.41, 5.74) is 0.764. The van der Waals surface area contributed by atoms with Gasteiger partial charge in [0.05, 0.1) is 11.6 Å². The van der Waals surface area contributed by atoms with E-state index < -0.39 is 6.10 Å². The molecule has 0 aliphatic heterocycles. The average molecular weight is 235 g/mol. The second-order valence-corrected chi connectivity index (χ2v) is 3.46. The minimum Gasteiger partial charge on any atom is -0.506 e. The number of aliphatic hydroxyl groups excluding tert-OH is 1. The zero-order chi connectivity index (χ0) is 13.0. The molecule has 4 heteroatoms. The Morgan fingerprint density at radius 2 is 1.82 bits per heavy atom. The van der Waals surface area contributed by atoms with Gasteiger partial charge in [-0.05, 0) is 24.6 Å². The molecule has 4 nitrogen and oxygen atoms in total.